The molecule has 1 aromatic carbocycles. The molecular weight excluding hydrogens is 252 g/mol. The van der Waals surface area contributed by atoms with E-state index in [1.54, 1.807) is 31.1 Å². The zero-order chi connectivity index (χ0) is 14.7. The molecule has 1 aliphatic rings. The lowest BCUT2D eigenvalue weighted by atomic mass is 10.1. The van der Waals surface area contributed by atoms with Crippen LogP contribution < -0.4 is 10.6 Å². The number of benzene rings is 1. The molecule has 1 saturated carbocycles. The van der Waals surface area contributed by atoms with Gasteiger partial charge in [-0.05, 0) is 31.0 Å². The third-order valence-corrected chi connectivity index (χ3v) is 3.42. The smallest absolute Gasteiger partial charge is 0.255 e. The van der Waals surface area contributed by atoms with E-state index in [-0.39, 0.29) is 5.91 Å². The van der Waals surface area contributed by atoms with Crippen LogP contribution >= 0.6 is 0 Å². The molecule has 1 amide bonds. The van der Waals surface area contributed by atoms with Gasteiger partial charge in [0.1, 0.15) is 0 Å². The van der Waals surface area contributed by atoms with Crippen molar-refractivity contribution in [3.8, 4) is 6.07 Å². The average molecular weight is 272 g/mol. The Balaban J connectivity index is 2.38. The van der Waals surface area contributed by atoms with Crippen molar-refractivity contribution in [2.75, 3.05) is 31.3 Å². The predicted molar refractivity (Wildman–Crippen MR) is 79.5 cm³/mol. The summed E-state index contributed by atoms with van der Waals surface area (Å²) in [7, 11) is 3.47. The summed E-state index contributed by atoms with van der Waals surface area (Å²) in [5, 5.41) is 8.81. The van der Waals surface area contributed by atoms with Crippen LogP contribution in [0.15, 0.2) is 18.2 Å². The van der Waals surface area contributed by atoms with Crippen molar-refractivity contribution in [1.29, 1.82) is 5.26 Å². The first kappa shape index (κ1) is 14.2. The van der Waals surface area contributed by atoms with E-state index < -0.39 is 0 Å². The van der Waals surface area contributed by atoms with Crippen molar-refractivity contribution in [2.24, 2.45) is 0 Å². The Morgan fingerprint density at radius 2 is 2.15 bits per heavy atom. The maximum Gasteiger partial charge on any atom is 0.255 e. The van der Waals surface area contributed by atoms with Crippen LogP contribution in [0.2, 0.25) is 0 Å². The molecule has 0 heterocycles. The third-order valence-electron chi connectivity index (χ3n) is 3.42. The Morgan fingerprint density at radius 1 is 1.45 bits per heavy atom. The average Bonchev–Trinajstić information content (AvgIpc) is 3.23. The lowest BCUT2D eigenvalue weighted by Gasteiger charge is -2.27. The summed E-state index contributed by atoms with van der Waals surface area (Å²) in [6.07, 6.45) is 2.66. The molecule has 20 heavy (non-hydrogen) atoms. The largest absolute Gasteiger partial charge is 0.399 e. The van der Waals surface area contributed by atoms with E-state index in [2.05, 4.69) is 11.0 Å². The second kappa shape index (κ2) is 5.83. The second-order valence-electron chi connectivity index (χ2n) is 5.31. The van der Waals surface area contributed by atoms with Crippen LogP contribution in [0.4, 0.5) is 11.4 Å². The summed E-state index contributed by atoms with van der Waals surface area (Å²) in [6.45, 7) is 0.637. The quantitative estimate of drug-likeness (QED) is 0.830. The number of carbonyl (C=O) groups excluding carboxylic acids is 1. The van der Waals surface area contributed by atoms with E-state index in [1.807, 2.05) is 6.07 Å². The Morgan fingerprint density at radius 3 is 2.70 bits per heavy atom. The number of rotatable bonds is 5. The number of carbonyl (C=O) groups is 1. The number of anilines is 2. The fourth-order valence-electron chi connectivity index (χ4n) is 2.26. The van der Waals surface area contributed by atoms with Gasteiger partial charge in [-0.25, -0.2) is 0 Å². The van der Waals surface area contributed by atoms with E-state index in [9.17, 15) is 4.79 Å². The first-order valence-corrected chi connectivity index (χ1v) is 6.79. The van der Waals surface area contributed by atoms with E-state index >= 15 is 0 Å². The zero-order valence-corrected chi connectivity index (χ0v) is 12.0. The normalized spacial score (nSPS) is 13.7. The van der Waals surface area contributed by atoms with Gasteiger partial charge in [-0.3, -0.25) is 4.79 Å². The molecule has 0 saturated heterocycles. The lowest BCUT2D eigenvalue weighted by molar-refractivity contribution is 0.0828. The molecule has 5 heteroatoms. The van der Waals surface area contributed by atoms with Gasteiger partial charge in [-0.1, -0.05) is 0 Å². The maximum atomic E-state index is 12.3. The molecular formula is C15H20N4O. The minimum atomic E-state index is -0.0393. The molecule has 0 aliphatic heterocycles. The van der Waals surface area contributed by atoms with Crippen LogP contribution in [0.3, 0.4) is 0 Å². The van der Waals surface area contributed by atoms with E-state index in [0.717, 1.165) is 18.5 Å². The summed E-state index contributed by atoms with van der Waals surface area (Å²) in [5.74, 6) is -0.0393. The molecule has 0 aromatic heterocycles. The predicted octanol–water partition coefficient (Wildman–Crippen LogP) is 1.85. The van der Waals surface area contributed by atoms with Gasteiger partial charge in [0, 0.05) is 32.4 Å². The van der Waals surface area contributed by atoms with Gasteiger partial charge in [0.2, 0.25) is 0 Å². The summed E-state index contributed by atoms with van der Waals surface area (Å²) in [6, 6.07) is 7.96. The van der Waals surface area contributed by atoms with Crippen LogP contribution in [-0.2, 0) is 0 Å². The van der Waals surface area contributed by atoms with Gasteiger partial charge >= 0.3 is 0 Å². The first-order valence-electron chi connectivity index (χ1n) is 6.79. The molecule has 0 atom stereocenters. The number of nitrogen functional groups attached to an aromatic ring is 1. The van der Waals surface area contributed by atoms with Crippen molar-refractivity contribution in [2.45, 2.75) is 25.3 Å². The molecule has 0 spiro atoms. The van der Waals surface area contributed by atoms with Gasteiger partial charge in [0.15, 0.2) is 0 Å². The Labute approximate surface area is 119 Å². The van der Waals surface area contributed by atoms with Crippen LogP contribution in [-0.4, -0.2) is 37.5 Å². The third kappa shape index (κ3) is 3.02. The van der Waals surface area contributed by atoms with Gasteiger partial charge < -0.3 is 15.5 Å². The maximum absolute atomic E-state index is 12.3. The van der Waals surface area contributed by atoms with Crippen LogP contribution in [0, 0.1) is 11.3 Å². The van der Waals surface area contributed by atoms with Crippen molar-refractivity contribution in [3.05, 3.63) is 23.8 Å². The Hall–Kier alpha value is -2.22. The van der Waals surface area contributed by atoms with E-state index in [1.165, 1.54) is 0 Å². The summed E-state index contributed by atoms with van der Waals surface area (Å²) < 4.78 is 0. The highest BCUT2D eigenvalue weighted by atomic mass is 16.2. The van der Waals surface area contributed by atoms with Crippen LogP contribution in [0.25, 0.3) is 0 Å². The zero-order valence-electron chi connectivity index (χ0n) is 12.0. The monoisotopic (exact) mass is 272 g/mol. The fraction of sp³-hybridized carbons (Fsp3) is 0.467. The van der Waals surface area contributed by atoms with Crippen LogP contribution in [0.1, 0.15) is 29.6 Å². The van der Waals surface area contributed by atoms with Crippen molar-refractivity contribution >= 4 is 17.3 Å². The lowest BCUT2D eigenvalue weighted by Crippen LogP contribution is -2.31. The number of hydrogen-bond donors (Lipinski definition) is 1. The standard InChI is InChI=1S/C15H20N4O/c1-18(2)15(20)13-7-4-11(17)10-14(13)19(9-3-8-16)12-5-6-12/h4,7,10,12H,3,5-6,9,17H2,1-2H3. The summed E-state index contributed by atoms with van der Waals surface area (Å²) in [4.78, 5) is 16.0. The molecule has 0 radical (unpaired) electrons. The molecule has 0 bridgehead atoms. The second-order valence-corrected chi connectivity index (χ2v) is 5.31. The summed E-state index contributed by atoms with van der Waals surface area (Å²) >= 11 is 0. The topological polar surface area (TPSA) is 73.4 Å². The fourth-order valence-corrected chi connectivity index (χ4v) is 2.26. The van der Waals surface area contributed by atoms with Gasteiger partial charge in [-0.15, -0.1) is 0 Å². The molecule has 0 unspecified atom stereocenters. The SMILES string of the molecule is CN(C)C(=O)c1ccc(N)cc1N(CCC#N)C1CC1. The minimum Gasteiger partial charge on any atom is -0.399 e. The van der Waals surface area contributed by atoms with Gasteiger partial charge in [-0.2, -0.15) is 5.26 Å². The molecule has 1 aliphatic carbocycles. The van der Waals surface area contributed by atoms with Gasteiger partial charge in [0.05, 0.1) is 23.7 Å². The highest BCUT2D eigenvalue weighted by Crippen LogP contribution is 2.35. The number of amides is 1. The number of nitrogens with two attached hydrogens (primary N) is 1. The van der Waals surface area contributed by atoms with E-state index in [0.29, 0.717) is 30.3 Å². The molecule has 5 nitrogen and oxygen atoms in total. The molecule has 106 valence electrons. The van der Waals surface area contributed by atoms with Crippen molar-refractivity contribution < 1.29 is 4.79 Å². The first-order chi connectivity index (χ1) is 9.54. The molecule has 1 fully saturated rings. The van der Waals surface area contributed by atoms with Crippen LogP contribution in [0.5, 0.6) is 0 Å². The highest BCUT2D eigenvalue weighted by Gasteiger charge is 2.31. The number of hydrogen-bond acceptors (Lipinski definition) is 4. The van der Waals surface area contributed by atoms with Crippen molar-refractivity contribution in [1.82, 2.24) is 4.90 Å². The Kier molecular flexibility index (Phi) is 4.14. The molecule has 2 N–H and O–H groups in total. The van der Waals surface area contributed by atoms with Crippen molar-refractivity contribution in [3.63, 3.8) is 0 Å². The number of nitrogens with zero attached hydrogens (tertiary/aromatic N) is 3. The van der Waals surface area contributed by atoms with Gasteiger partial charge in [0.25, 0.3) is 5.91 Å². The highest BCUT2D eigenvalue weighted by molar-refractivity contribution is 6.00. The summed E-state index contributed by atoms with van der Waals surface area (Å²) in [5.41, 5.74) is 8.01. The Bertz CT molecular complexity index is 543. The van der Waals surface area contributed by atoms with E-state index in [4.69, 9.17) is 11.0 Å². The number of nitriles is 1. The molecule has 1 aromatic rings. The molecule has 2 rings (SSSR count). The minimum absolute atomic E-state index is 0.0393.